The van der Waals surface area contributed by atoms with Crippen LogP contribution in [0.15, 0.2) is 36.9 Å². The average molecular weight is 262 g/mol. The van der Waals surface area contributed by atoms with Gasteiger partial charge in [0.05, 0.1) is 5.69 Å². The maximum absolute atomic E-state index is 13.5. The molecule has 0 aromatic heterocycles. The highest BCUT2D eigenvalue weighted by atomic mass is 19.1. The van der Waals surface area contributed by atoms with Gasteiger partial charge in [0.15, 0.2) is 0 Å². The van der Waals surface area contributed by atoms with Crippen molar-refractivity contribution in [1.82, 2.24) is 4.90 Å². The number of urea groups is 1. The molecule has 0 radical (unpaired) electrons. The van der Waals surface area contributed by atoms with E-state index < -0.39 is 5.82 Å². The first-order chi connectivity index (χ1) is 9.22. The maximum atomic E-state index is 13.5. The molecule has 1 saturated carbocycles. The number of rotatable bonds is 4. The number of nitrogens with one attached hydrogen (secondary N) is 1. The number of carbonyl (C=O) groups excluding carboxylic acids is 1. The van der Waals surface area contributed by atoms with Crippen LogP contribution in [0.3, 0.4) is 0 Å². The smallest absolute Gasteiger partial charge is 0.318 e. The Bertz CT molecular complexity index is 455. The summed E-state index contributed by atoms with van der Waals surface area (Å²) < 4.78 is 13.5. The van der Waals surface area contributed by atoms with Gasteiger partial charge < -0.3 is 10.2 Å². The van der Waals surface area contributed by atoms with Gasteiger partial charge in [-0.15, -0.1) is 6.58 Å². The minimum Gasteiger partial charge on any atom is -0.318 e. The number of amides is 2. The summed E-state index contributed by atoms with van der Waals surface area (Å²) in [5.41, 5.74) is 0.222. The molecule has 0 unspecified atom stereocenters. The lowest BCUT2D eigenvalue weighted by Gasteiger charge is -2.28. The zero-order valence-electron chi connectivity index (χ0n) is 10.9. The molecule has 0 heterocycles. The largest absolute Gasteiger partial charge is 0.322 e. The van der Waals surface area contributed by atoms with Crippen LogP contribution in [-0.2, 0) is 0 Å². The summed E-state index contributed by atoms with van der Waals surface area (Å²) in [6.45, 7) is 4.17. The van der Waals surface area contributed by atoms with Crippen LogP contribution >= 0.6 is 0 Å². The Labute approximate surface area is 113 Å². The number of hydrogen-bond acceptors (Lipinski definition) is 1. The van der Waals surface area contributed by atoms with Crippen LogP contribution in [0.5, 0.6) is 0 Å². The lowest BCUT2D eigenvalue weighted by molar-refractivity contribution is 0.196. The fourth-order valence-electron chi connectivity index (χ4n) is 2.50. The zero-order valence-corrected chi connectivity index (χ0v) is 10.9. The second-order valence-corrected chi connectivity index (χ2v) is 4.79. The summed E-state index contributed by atoms with van der Waals surface area (Å²) in [6.07, 6.45) is 6.02. The molecule has 1 aromatic carbocycles. The Hall–Kier alpha value is -1.84. The molecule has 2 rings (SSSR count). The van der Waals surface area contributed by atoms with Crippen LogP contribution in [0.4, 0.5) is 14.9 Å². The summed E-state index contributed by atoms with van der Waals surface area (Å²) in [6, 6.07) is 6.19. The van der Waals surface area contributed by atoms with Gasteiger partial charge in [-0.3, -0.25) is 0 Å². The van der Waals surface area contributed by atoms with Crippen molar-refractivity contribution in [2.45, 2.75) is 31.7 Å². The summed E-state index contributed by atoms with van der Waals surface area (Å²) in [7, 11) is 0. The lowest BCUT2D eigenvalue weighted by atomic mass is 10.2. The van der Waals surface area contributed by atoms with E-state index in [-0.39, 0.29) is 17.8 Å². The van der Waals surface area contributed by atoms with Gasteiger partial charge in [-0.25, -0.2) is 9.18 Å². The molecule has 0 spiro atoms. The maximum Gasteiger partial charge on any atom is 0.322 e. The molecule has 1 N–H and O–H groups in total. The average Bonchev–Trinajstić information content (AvgIpc) is 2.92. The quantitative estimate of drug-likeness (QED) is 0.823. The minimum atomic E-state index is -0.416. The van der Waals surface area contributed by atoms with E-state index in [0.29, 0.717) is 6.54 Å². The highest BCUT2D eigenvalue weighted by Crippen LogP contribution is 2.24. The van der Waals surface area contributed by atoms with Gasteiger partial charge in [0, 0.05) is 12.6 Å². The van der Waals surface area contributed by atoms with E-state index in [9.17, 15) is 9.18 Å². The van der Waals surface area contributed by atoms with E-state index in [2.05, 4.69) is 11.9 Å². The topological polar surface area (TPSA) is 32.3 Å². The monoisotopic (exact) mass is 262 g/mol. The van der Waals surface area contributed by atoms with Gasteiger partial charge in [-0.2, -0.15) is 0 Å². The summed E-state index contributed by atoms with van der Waals surface area (Å²) >= 11 is 0. The Morgan fingerprint density at radius 2 is 2.11 bits per heavy atom. The van der Waals surface area contributed by atoms with Gasteiger partial charge >= 0.3 is 6.03 Å². The van der Waals surface area contributed by atoms with Crippen molar-refractivity contribution < 1.29 is 9.18 Å². The second-order valence-electron chi connectivity index (χ2n) is 4.79. The molecule has 1 aliphatic carbocycles. The zero-order chi connectivity index (χ0) is 13.7. The third-order valence-electron chi connectivity index (χ3n) is 3.47. The van der Waals surface area contributed by atoms with E-state index in [1.165, 1.54) is 6.07 Å². The Balaban J connectivity index is 2.07. The van der Waals surface area contributed by atoms with Gasteiger partial charge in [0.2, 0.25) is 0 Å². The first kappa shape index (κ1) is 13.6. The summed E-state index contributed by atoms with van der Waals surface area (Å²) in [4.78, 5) is 14.0. The van der Waals surface area contributed by atoms with Crippen molar-refractivity contribution in [2.24, 2.45) is 0 Å². The second kappa shape index (κ2) is 6.36. The Morgan fingerprint density at radius 1 is 1.42 bits per heavy atom. The van der Waals surface area contributed by atoms with Gasteiger partial charge in [-0.05, 0) is 25.0 Å². The molecule has 1 fully saturated rings. The SMILES string of the molecule is C=CCN(C(=O)Nc1ccccc1F)C1CCCC1. The molecule has 19 heavy (non-hydrogen) atoms. The van der Waals surface area contributed by atoms with Crippen molar-refractivity contribution >= 4 is 11.7 Å². The number of carbonyl (C=O) groups is 1. The van der Waals surface area contributed by atoms with Crippen molar-refractivity contribution in [3.05, 3.63) is 42.7 Å². The van der Waals surface area contributed by atoms with Crippen LogP contribution in [0.2, 0.25) is 0 Å². The molecule has 102 valence electrons. The molecular weight excluding hydrogens is 243 g/mol. The number of nitrogens with zero attached hydrogens (tertiary/aromatic N) is 1. The number of para-hydroxylation sites is 1. The normalized spacial score (nSPS) is 15.2. The predicted octanol–water partition coefficient (Wildman–Crippen LogP) is 3.79. The van der Waals surface area contributed by atoms with Gasteiger partial charge in [-0.1, -0.05) is 31.1 Å². The molecule has 0 saturated heterocycles. The van der Waals surface area contributed by atoms with Crippen molar-refractivity contribution in [2.75, 3.05) is 11.9 Å². The highest BCUT2D eigenvalue weighted by molar-refractivity contribution is 5.89. The minimum absolute atomic E-state index is 0.222. The van der Waals surface area contributed by atoms with Crippen molar-refractivity contribution in [3.63, 3.8) is 0 Å². The Morgan fingerprint density at radius 3 is 2.74 bits per heavy atom. The molecule has 3 nitrogen and oxygen atoms in total. The van der Waals surface area contributed by atoms with Crippen molar-refractivity contribution in [1.29, 1.82) is 0 Å². The molecule has 2 amide bonds. The van der Waals surface area contributed by atoms with E-state index in [1.54, 1.807) is 29.2 Å². The Kier molecular flexibility index (Phi) is 4.55. The molecular formula is C15H19FN2O. The molecule has 4 heteroatoms. The fraction of sp³-hybridized carbons (Fsp3) is 0.400. The molecule has 0 aliphatic heterocycles. The standard InChI is InChI=1S/C15H19FN2O/c1-2-11-18(12-7-3-4-8-12)15(19)17-14-10-6-5-9-13(14)16/h2,5-6,9-10,12H,1,3-4,7-8,11H2,(H,17,19). The van der Waals surface area contributed by atoms with Crippen LogP contribution < -0.4 is 5.32 Å². The van der Waals surface area contributed by atoms with Gasteiger partial charge in [0.25, 0.3) is 0 Å². The third-order valence-corrected chi connectivity index (χ3v) is 3.47. The summed E-state index contributed by atoms with van der Waals surface area (Å²) in [5.74, 6) is -0.416. The molecule has 0 bridgehead atoms. The van der Waals surface area contributed by atoms with E-state index >= 15 is 0 Å². The third kappa shape index (κ3) is 3.34. The van der Waals surface area contributed by atoms with E-state index in [0.717, 1.165) is 25.7 Å². The van der Waals surface area contributed by atoms with Crippen LogP contribution in [0, 0.1) is 5.82 Å². The number of benzene rings is 1. The predicted molar refractivity (Wildman–Crippen MR) is 74.6 cm³/mol. The first-order valence-electron chi connectivity index (χ1n) is 6.65. The summed E-state index contributed by atoms with van der Waals surface area (Å²) in [5, 5.41) is 2.64. The fourth-order valence-corrected chi connectivity index (χ4v) is 2.50. The van der Waals surface area contributed by atoms with Crippen LogP contribution in [0.25, 0.3) is 0 Å². The molecule has 1 aromatic rings. The van der Waals surface area contributed by atoms with Crippen LogP contribution in [0.1, 0.15) is 25.7 Å². The van der Waals surface area contributed by atoms with Crippen molar-refractivity contribution in [3.8, 4) is 0 Å². The lowest BCUT2D eigenvalue weighted by Crippen LogP contribution is -2.41. The first-order valence-corrected chi connectivity index (χ1v) is 6.65. The highest BCUT2D eigenvalue weighted by Gasteiger charge is 2.26. The number of halogens is 1. The van der Waals surface area contributed by atoms with E-state index in [1.807, 2.05) is 0 Å². The van der Waals surface area contributed by atoms with E-state index in [4.69, 9.17) is 0 Å². The number of anilines is 1. The molecule has 1 aliphatic rings. The molecule has 0 atom stereocenters. The number of hydrogen-bond donors (Lipinski definition) is 1. The van der Waals surface area contributed by atoms with Crippen LogP contribution in [-0.4, -0.2) is 23.5 Å². The van der Waals surface area contributed by atoms with Gasteiger partial charge in [0.1, 0.15) is 5.82 Å².